The molecule has 0 N–H and O–H groups in total. The Morgan fingerprint density at radius 1 is 1.14 bits per heavy atom. The number of carbonyl (C=O) groups excluding carboxylic acids is 2. The first-order valence-corrected chi connectivity index (χ1v) is 11.2. The van der Waals surface area contributed by atoms with Crippen LogP contribution in [0.5, 0.6) is 0 Å². The molecule has 188 valence electrons. The van der Waals surface area contributed by atoms with E-state index in [1.165, 1.54) is 64.9 Å². The zero-order valence-electron chi connectivity index (χ0n) is 20.8. The zero-order chi connectivity index (χ0) is 26.4. The van der Waals surface area contributed by atoms with Gasteiger partial charge in [0, 0.05) is 37.3 Å². The molecule has 0 saturated carbocycles. The minimum Gasteiger partial charge on any atom is -0.443 e. The Hall–Kier alpha value is -4.15. The molecule has 0 aliphatic heterocycles. The summed E-state index contributed by atoms with van der Waals surface area (Å²) in [7, 11) is 3.11. The number of ether oxygens (including phenoxy) is 1. The second-order valence-electron chi connectivity index (χ2n) is 9.37. The number of aromatic nitrogens is 5. The summed E-state index contributed by atoms with van der Waals surface area (Å²) < 4.78 is 36.9. The highest BCUT2D eigenvalue weighted by Crippen LogP contribution is 2.36. The maximum atomic E-state index is 14.5. The third-order valence-electron chi connectivity index (χ3n) is 5.52. The van der Waals surface area contributed by atoms with Gasteiger partial charge in [0.1, 0.15) is 29.7 Å². The monoisotopic (exact) mass is 496 g/mol. The van der Waals surface area contributed by atoms with Gasteiger partial charge in [-0.05, 0) is 51.5 Å². The fourth-order valence-electron chi connectivity index (χ4n) is 3.82. The number of nitrogens with zero attached hydrogens (tertiary/aromatic N) is 6. The van der Waals surface area contributed by atoms with Crippen molar-refractivity contribution in [2.75, 3.05) is 11.9 Å². The number of halogens is 2. The van der Waals surface area contributed by atoms with Gasteiger partial charge in [-0.15, -0.1) is 0 Å². The highest BCUT2D eigenvalue weighted by atomic mass is 19.1. The molecule has 4 aromatic rings. The molecule has 0 saturated heterocycles. The molecule has 3 heterocycles. The standard InChI is InChI=1S/C25H26F2N6O3/c1-14(26)17-8-7-16(27)10-18(17)20-9-15-12-28-21(31(5)23(34)22-29-13-30-32(22)6)11-19(15)33(20)24(35)36-25(2,3)4/h7-14H,1-6H3. The molecule has 1 unspecified atom stereocenters. The van der Waals surface area contributed by atoms with E-state index < -0.39 is 29.6 Å². The fraction of sp³-hybridized carbons (Fsp3) is 0.320. The molecule has 0 bridgehead atoms. The minimum atomic E-state index is -1.42. The molecule has 4 rings (SSSR count). The van der Waals surface area contributed by atoms with Gasteiger partial charge in [-0.25, -0.2) is 32.8 Å². The van der Waals surface area contributed by atoms with Crippen LogP contribution in [0.1, 0.15) is 50.0 Å². The van der Waals surface area contributed by atoms with Gasteiger partial charge in [0.2, 0.25) is 5.82 Å². The Labute approximate surface area is 206 Å². The Kier molecular flexibility index (Phi) is 6.33. The van der Waals surface area contributed by atoms with Gasteiger partial charge >= 0.3 is 6.09 Å². The van der Waals surface area contributed by atoms with E-state index in [1.807, 2.05) is 0 Å². The van der Waals surface area contributed by atoms with Crippen molar-refractivity contribution in [1.82, 2.24) is 24.3 Å². The molecule has 3 aromatic heterocycles. The lowest BCUT2D eigenvalue weighted by molar-refractivity contribution is 0.0547. The number of hydrogen-bond acceptors (Lipinski definition) is 6. The Morgan fingerprint density at radius 2 is 1.86 bits per heavy atom. The molecular weight excluding hydrogens is 470 g/mol. The quantitative estimate of drug-likeness (QED) is 0.392. The van der Waals surface area contributed by atoms with Crippen LogP contribution in [0.3, 0.4) is 0 Å². The summed E-state index contributed by atoms with van der Waals surface area (Å²) in [6.07, 6.45) is 0.580. The van der Waals surface area contributed by atoms with Crippen LogP contribution < -0.4 is 4.90 Å². The maximum Gasteiger partial charge on any atom is 0.419 e. The van der Waals surface area contributed by atoms with Crippen LogP contribution in [0.4, 0.5) is 19.4 Å². The highest BCUT2D eigenvalue weighted by molar-refractivity contribution is 6.04. The molecular formula is C25H26F2N6O3. The Balaban J connectivity index is 1.92. The molecule has 0 fully saturated rings. The van der Waals surface area contributed by atoms with E-state index in [9.17, 15) is 18.4 Å². The number of carbonyl (C=O) groups is 2. The summed E-state index contributed by atoms with van der Waals surface area (Å²) in [5.74, 6) is -0.716. The Morgan fingerprint density at radius 3 is 2.47 bits per heavy atom. The lowest BCUT2D eigenvalue weighted by Crippen LogP contribution is -2.30. The average Bonchev–Trinajstić information content (AvgIpc) is 3.39. The topological polar surface area (TPSA) is 95.1 Å². The van der Waals surface area contributed by atoms with Crippen molar-refractivity contribution in [2.24, 2.45) is 7.05 Å². The summed E-state index contributed by atoms with van der Waals surface area (Å²) in [5, 5.41) is 4.43. The molecule has 0 radical (unpaired) electrons. The smallest absolute Gasteiger partial charge is 0.419 e. The van der Waals surface area contributed by atoms with Crippen LogP contribution >= 0.6 is 0 Å². The van der Waals surface area contributed by atoms with E-state index in [0.29, 0.717) is 10.9 Å². The van der Waals surface area contributed by atoms with Gasteiger partial charge in [0.15, 0.2) is 0 Å². The first kappa shape index (κ1) is 25.0. The first-order valence-electron chi connectivity index (χ1n) is 11.2. The van der Waals surface area contributed by atoms with E-state index in [0.717, 1.165) is 0 Å². The number of alkyl halides is 1. The van der Waals surface area contributed by atoms with Crippen molar-refractivity contribution in [3.8, 4) is 11.3 Å². The summed E-state index contributed by atoms with van der Waals surface area (Å²) in [4.78, 5) is 35.9. The predicted molar refractivity (Wildman–Crippen MR) is 130 cm³/mol. The van der Waals surface area contributed by atoms with E-state index >= 15 is 0 Å². The number of aryl methyl sites for hydroxylation is 1. The number of hydrogen-bond donors (Lipinski definition) is 0. The predicted octanol–water partition coefficient (Wildman–Crippen LogP) is 5.06. The van der Waals surface area contributed by atoms with Gasteiger partial charge in [-0.3, -0.25) is 9.69 Å². The van der Waals surface area contributed by atoms with E-state index in [4.69, 9.17) is 4.74 Å². The number of anilines is 1. The highest BCUT2D eigenvalue weighted by Gasteiger charge is 2.27. The number of rotatable bonds is 4. The SMILES string of the molecule is CC(F)c1ccc(F)cc1-c1cc2cnc(N(C)C(=O)c3ncnn3C)cc2n1C(=O)OC(C)(C)C. The van der Waals surface area contributed by atoms with Gasteiger partial charge in [-0.1, -0.05) is 6.07 Å². The lowest BCUT2D eigenvalue weighted by Gasteiger charge is -2.22. The van der Waals surface area contributed by atoms with Crippen LogP contribution in [0.25, 0.3) is 22.2 Å². The first-order chi connectivity index (χ1) is 16.9. The lowest BCUT2D eigenvalue weighted by atomic mass is 10.0. The fourth-order valence-corrected chi connectivity index (χ4v) is 3.82. The van der Waals surface area contributed by atoms with Crippen molar-refractivity contribution < 1.29 is 23.1 Å². The Bertz CT molecular complexity index is 1470. The third kappa shape index (κ3) is 4.68. The largest absolute Gasteiger partial charge is 0.443 e. The van der Waals surface area contributed by atoms with Crippen LogP contribution in [0, 0.1) is 5.82 Å². The molecule has 0 aliphatic rings. The van der Waals surface area contributed by atoms with E-state index in [2.05, 4.69) is 15.1 Å². The minimum absolute atomic E-state index is 0.101. The number of amides is 1. The number of fused-ring (bicyclic) bond motifs is 1. The van der Waals surface area contributed by atoms with Crippen LogP contribution in [0.2, 0.25) is 0 Å². The second-order valence-corrected chi connectivity index (χ2v) is 9.37. The van der Waals surface area contributed by atoms with Crippen molar-refractivity contribution in [3.63, 3.8) is 0 Å². The van der Waals surface area contributed by atoms with Crippen LogP contribution in [-0.4, -0.2) is 49.0 Å². The zero-order valence-corrected chi connectivity index (χ0v) is 20.8. The van der Waals surface area contributed by atoms with Crippen molar-refractivity contribution in [2.45, 2.75) is 39.5 Å². The molecule has 1 aromatic carbocycles. The van der Waals surface area contributed by atoms with E-state index in [-0.39, 0.29) is 28.5 Å². The average molecular weight is 497 g/mol. The molecule has 11 heteroatoms. The molecule has 9 nitrogen and oxygen atoms in total. The van der Waals surface area contributed by atoms with Crippen LogP contribution in [-0.2, 0) is 11.8 Å². The van der Waals surface area contributed by atoms with Crippen molar-refractivity contribution >= 4 is 28.7 Å². The maximum absolute atomic E-state index is 14.5. The molecule has 0 aliphatic carbocycles. The second kappa shape index (κ2) is 9.14. The third-order valence-corrected chi connectivity index (χ3v) is 5.52. The van der Waals surface area contributed by atoms with Gasteiger partial charge in [0.05, 0.1) is 11.2 Å². The number of benzene rings is 1. The number of pyridine rings is 1. The summed E-state index contributed by atoms with van der Waals surface area (Å²) in [6, 6.07) is 6.85. The van der Waals surface area contributed by atoms with Crippen molar-refractivity contribution in [3.05, 3.63) is 60.1 Å². The van der Waals surface area contributed by atoms with Crippen LogP contribution in [0.15, 0.2) is 42.9 Å². The van der Waals surface area contributed by atoms with Gasteiger partial charge in [-0.2, -0.15) is 5.10 Å². The summed E-state index contributed by atoms with van der Waals surface area (Å²) >= 11 is 0. The van der Waals surface area contributed by atoms with Gasteiger partial charge < -0.3 is 4.74 Å². The molecule has 1 amide bonds. The molecule has 1 atom stereocenters. The van der Waals surface area contributed by atoms with E-state index in [1.54, 1.807) is 33.9 Å². The van der Waals surface area contributed by atoms with Gasteiger partial charge in [0.25, 0.3) is 5.91 Å². The molecule has 0 spiro atoms. The summed E-state index contributed by atoms with van der Waals surface area (Å²) in [5.41, 5.74) is 0.170. The molecule has 36 heavy (non-hydrogen) atoms. The summed E-state index contributed by atoms with van der Waals surface area (Å²) in [6.45, 7) is 6.49. The normalized spacial score (nSPS) is 12.6. The van der Waals surface area contributed by atoms with Crippen molar-refractivity contribution in [1.29, 1.82) is 0 Å².